The Labute approximate surface area is 156 Å². The van der Waals surface area contributed by atoms with Gasteiger partial charge in [0.2, 0.25) is 5.91 Å². The third-order valence-electron chi connectivity index (χ3n) is 6.34. The highest BCUT2D eigenvalue weighted by Crippen LogP contribution is 2.35. The first kappa shape index (κ1) is 17.6. The van der Waals surface area contributed by atoms with Crippen LogP contribution in [0.25, 0.3) is 11.0 Å². The predicted octanol–water partition coefficient (Wildman–Crippen LogP) is 5.08. The lowest BCUT2D eigenvalue weighted by Crippen LogP contribution is -2.31. The number of likely N-dealkylation sites (tertiary alicyclic amines) is 1. The van der Waals surface area contributed by atoms with Gasteiger partial charge in [-0.1, -0.05) is 51.2 Å². The first-order valence-electron chi connectivity index (χ1n) is 10.5. The molecule has 4 rings (SSSR count). The molecule has 1 unspecified atom stereocenters. The van der Waals surface area contributed by atoms with Crippen LogP contribution in [0.1, 0.15) is 76.6 Å². The molecule has 2 aliphatic rings. The maximum Gasteiger partial charge on any atom is 0.222 e. The van der Waals surface area contributed by atoms with Gasteiger partial charge in [-0.25, -0.2) is 4.98 Å². The summed E-state index contributed by atoms with van der Waals surface area (Å²) in [6.45, 7) is 3.87. The minimum absolute atomic E-state index is 0.154. The highest BCUT2D eigenvalue weighted by atomic mass is 16.2. The maximum absolute atomic E-state index is 12.4. The van der Waals surface area contributed by atoms with E-state index in [-0.39, 0.29) is 11.9 Å². The molecule has 1 saturated heterocycles. The Bertz CT molecular complexity index is 760. The van der Waals surface area contributed by atoms with E-state index in [0.29, 0.717) is 6.42 Å². The first-order chi connectivity index (χ1) is 12.8. The standard InChI is InChI=1S/C22H31N3O/c1-2-21(26)24-15-8-13-20(24)22-23-18-11-6-7-12-19(18)25(22)16-14-17-9-4-3-5-10-17/h6-7,11-12,17,20H,2-5,8-10,13-16H2,1H3. The average molecular weight is 354 g/mol. The van der Waals surface area contributed by atoms with Crippen molar-refractivity contribution in [3.63, 3.8) is 0 Å². The lowest BCUT2D eigenvalue weighted by Gasteiger charge is -2.26. The third kappa shape index (κ3) is 3.38. The van der Waals surface area contributed by atoms with Crippen LogP contribution in [0.4, 0.5) is 0 Å². The van der Waals surface area contributed by atoms with E-state index in [1.807, 2.05) is 6.92 Å². The number of rotatable bonds is 5. The van der Waals surface area contributed by atoms with Crippen molar-refractivity contribution in [2.24, 2.45) is 5.92 Å². The highest BCUT2D eigenvalue weighted by molar-refractivity contribution is 5.78. The van der Waals surface area contributed by atoms with Gasteiger partial charge in [-0.2, -0.15) is 0 Å². The summed E-state index contributed by atoms with van der Waals surface area (Å²) in [5, 5.41) is 0. The fraction of sp³-hybridized carbons (Fsp3) is 0.636. The maximum atomic E-state index is 12.4. The summed E-state index contributed by atoms with van der Waals surface area (Å²) in [4.78, 5) is 19.5. The summed E-state index contributed by atoms with van der Waals surface area (Å²) in [6, 6.07) is 8.62. The Balaban J connectivity index is 1.64. The number of para-hydroxylation sites is 2. The van der Waals surface area contributed by atoms with Crippen LogP contribution in [-0.4, -0.2) is 26.9 Å². The van der Waals surface area contributed by atoms with E-state index in [9.17, 15) is 4.79 Å². The number of amides is 1. The Morgan fingerprint density at radius 2 is 1.92 bits per heavy atom. The van der Waals surface area contributed by atoms with Crippen LogP contribution in [0.15, 0.2) is 24.3 Å². The van der Waals surface area contributed by atoms with Gasteiger partial charge in [-0.3, -0.25) is 4.79 Å². The monoisotopic (exact) mass is 353 g/mol. The zero-order valence-electron chi connectivity index (χ0n) is 16.0. The molecular formula is C22H31N3O. The van der Waals surface area contributed by atoms with Gasteiger partial charge in [-0.05, 0) is 37.3 Å². The predicted molar refractivity (Wildman–Crippen MR) is 105 cm³/mol. The number of nitrogens with zero attached hydrogens (tertiary/aromatic N) is 3. The first-order valence-corrected chi connectivity index (χ1v) is 10.5. The molecule has 1 aliphatic carbocycles. The summed E-state index contributed by atoms with van der Waals surface area (Å²) in [6.07, 6.45) is 10.9. The Kier molecular flexibility index (Phi) is 5.28. The fourth-order valence-corrected chi connectivity index (χ4v) is 4.91. The zero-order chi connectivity index (χ0) is 17.9. The molecule has 1 atom stereocenters. The van der Waals surface area contributed by atoms with Crippen LogP contribution < -0.4 is 0 Å². The van der Waals surface area contributed by atoms with Crippen molar-refractivity contribution in [1.82, 2.24) is 14.5 Å². The normalized spacial score (nSPS) is 21.6. The van der Waals surface area contributed by atoms with E-state index in [4.69, 9.17) is 4.98 Å². The lowest BCUT2D eigenvalue weighted by molar-refractivity contribution is -0.131. The van der Waals surface area contributed by atoms with Gasteiger partial charge in [0.15, 0.2) is 0 Å². The van der Waals surface area contributed by atoms with E-state index in [1.54, 1.807) is 0 Å². The van der Waals surface area contributed by atoms with E-state index in [1.165, 1.54) is 44.0 Å². The van der Waals surface area contributed by atoms with Crippen molar-refractivity contribution in [2.75, 3.05) is 6.54 Å². The smallest absolute Gasteiger partial charge is 0.222 e. The average Bonchev–Trinajstić information content (AvgIpc) is 3.31. The molecule has 0 radical (unpaired) electrons. The second-order valence-corrected chi connectivity index (χ2v) is 8.00. The van der Waals surface area contributed by atoms with Gasteiger partial charge in [0.1, 0.15) is 5.82 Å². The van der Waals surface area contributed by atoms with Crippen molar-refractivity contribution in [2.45, 2.75) is 77.3 Å². The summed E-state index contributed by atoms with van der Waals surface area (Å²) in [5.41, 5.74) is 2.30. The van der Waals surface area contributed by atoms with Gasteiger partial charge in [0, 0.05) is 19.5 Å². The molecule has 1 amide bonds. The molecule has 1 aromatic heterocycles. The highest BCUT2D eigenvalue weighted by Gasteiger charge is 2.33. The Hall–Kier alpha value is -1.84. The summed E-state index contributed by atoms with van der Waals surface area (Å²) in [5.74, 6) is 2.23. The van der Waals surface area contributed by atoms with Gasteiger partial charge in [-0.15, -0.1) is 0 Å². The molecule has 26 heavy (non-hydrogen) atoms. The van der Waals surface area contributed by atoms with E-state index >= 15 is 0 Å². The van der Waals surface area contributed by atoms with Crippen LogP contribution >= 0.6 is 0 Å². The molecular weight excluding hydrogens is 322 g/mol. The Morgan fingerprint density at radius 3 is 2.73 bits per heavy atom. The molecule has 1 saturated carbocycles. The Morgan fingerprint density at radius 1 is 1.12 bits per heavy atom. The summed E-state index contributed by atoms with van der Waals surface area (Å²) < 4.78 is 2.43. The number of hydrogen-bond acceptors (Lipinski definition) is 2. The number of benzene rings is 1. The fourth-order valence-electron chi connectivity index (χ4n) is 4.91. The van der Waals surface area contributed by atoms with Crippen molar-refractivity contribution in [3.05, 3.63) is 30.1 Å². The number of carbonyl (C=O) groups excluding carboxylic acids is 1. The number of aryl methyl sites for hydroxylation is 1. The van der Waals surface area contributed by atoms with Crippen molar-refractivity contribution >= 4 is 16.9 Å². The van der Waals surface area contributed by atoms with Crippen LogP contribution in [0.5, 0.6) is 0 Å². The largest absolute Gasteiger partial charge is 0.333 e. The third-order valence-corrected chi connectivity index (χ3v) is 6.34. The van der Waals surface area contributed by atoms with Gasteiger partial charge < -0.3 is 9.47 Å². The summed E-state index contributed by atoms with van der Waals surface area (Å²) >= 11 is 0. The number of fused-ring (bicyclic) bond motifs is 1. The van der Waals surface area contributed by atoms with Crippen molar-refractivity contribution < 1.29 is 4.79 Å². The van der Waals surface area contributed by atoms with Gasteiger partial charge in [0.05, 0.1) is 17.1 Å². The molecule has 1 aromatic carbocycles. The summed E-state index contributed by atoms with van der Waals surface area (Å²) in [7, 11) is 0. The van der Waals surface area contributed by atoms with Crippen molar-refractivity contribution in [1.29, 1.82) is 0 Å². The van der Waals surface area contributed by atoms with Gasteiger partial charge >= 0.3 is 0 Å². The second kappa shape index (κ2) is 7.81. The van der Waals surface area contributed by atoms with E-state index < -0.39 is 0 Å². The van der Waals surface area contributed by atoms with E-state index in [0.717, 1.165) is 43.2 Å². The van der Waals surface area contributed by atoms with Crippen LogP contribution in [0.3, 0.4) is 0 Å². The molecule has 4 nitrogen and oxygen atoms in total. The minimum Gasteiger partial charge on any atom is -0.333 e. The molecule has 2 aromatic rings. The molecule has 0 N–H and O–H groups in total. The lowest BCUT2D eigenvalue weighted by atomic mass is 9.87. The number of carbonyl (C=O) groups is 1. The van der Waals surface area contributed by atoms with Gasteiger partial charge in [0.25, 0.3) is 0 Å². The molecule has 4 heteroatoms. The number of hydrogen-bond donors (Lipinski definition) is 0. The van der Waals surface area contributed by atoms with E-state index in [2.05, 4.69) is 33.7 Å². The quantitative estimate of drug-likeness (QED) is 0.752. The number of aromatic nitrogens is 2. The molecule has 2 heterocycles. The molecule has 1 aliphatic heterocycles. The molecule has 2 fully saturated rings. The zero-order valence-corrected chi connectivity index (χ0v) is 16.0. The van der Waals surface area contributed by atoms with Crippen LogP contribution in [0, 0.1) is 5.92 Å². The van der Waals surface area contributed by atoms with Crippen LogP contribution in [-0.2, 0) is 11.3 Å². The molecule has 0 spiro atoms. The minimum atomic E-state index is 0.154. The SMILES string of the molecule is CCC(=O)N1CCCC1c1nc2ccccc2n1CCC1CCCCC1. The second-order valence-electron chi connectivity index (χ2n) is 8.00. The molecule has 0 bridgehead atoms. The topological polar surface area (TPSA) is 38.1 Å². The van der Waals surface area contributed by atoms with Crippen molar-refractivity contribution in [3.8, 4) is 0 Å². The molecule has 140 valence electrons. The van der Waals surface area contributed by atoms with Crippen LogP contribution in [0.2, 0.25) is 0 Å². The number of imidazole rings is 1.